The van der Waals surface area contributed by atoms with Crippen LogP contribution in [0, 0.1) is 5.82 Å². The van der Waals surface area contributed by atoms with Gasteiger partial charge in [-0.15, -0.1) is 0 Å². The molecule has 3 aromatic carbocycles. The lowest BCUT2D eigenvalue weighted by Crippen LogP contribution is -2.50. The maximum absolute atomic E-state index is 13.1. The monoisotopic (exact) mass is 461 g/mol. The van der Waals surface area contributed by atoms with Crippen LogP contribution in [0.4, 0.5) is 10.1 Å². The van der Waals surface area contributed by atoms with Crippen molar-refractivity contribution in [3.8, 4) is 0 Å². The van der Waals surface area contributed by atoms with Crippen LogP contribution in [-0.4, -0.2) is 56.3 Å². The van der Waals surface area contributed by atoms with Gasteiger partial charge in [0.05, 0.1) is 22.2 Å². The van der Waals surface area contributed by atoms with Crippen molar-refractivity contribution < 1.29 is 17.6 Å². The number of anilines is 1. The van der Waals surface area contributed by atoms with Gasteiger partial charge in [0, 0.05) is 26.2 Å². The van der Waals surface area contributed by atoms with Crippen LogP contribution in [0.25, 0.3) is 10.8 Å². The third kappa shape index (κ3) is 4.88. The summed E-state index contributed by atoms with van der Waals surface area (Å²) in [5.41, 5.74) is 0.339. The number of hydrogen-bond acceptors (Lipinski definition) is 4. The van der Waals surface area contributed by atoms with Crippen molar-refractivity contribution in [1.29, 1.82) is 0 Å². The second-order valence-electron chi connectivity index (χ2n) is 7.36. The van der Waals surface area contributed by atoms with Crippen LogP contribution in [0.5, 0.6) is 0 Å². The Balaban J connectivity index is 1.36. The fraction of sp³-hybridized carbons (Fsp3) is 0.227. The smallest absolute Gasteiger partial charge is 0.243 e. The van der Waals surface area contributed by atoms with Crippen molar-refractivity contribution in [1.82, 2.24) is 9.21 Å². The number of sulfonamides is 1. The predicted octanol–water partition coefficient (Wildman–Crippen LogP) is 3.58. The largest absolute Gasteiger partial charge is 0.324 e. The number of fused-ring (bicyclic) bond motifs is 1. The fourth-order valence-electron chi connectivity index (χ4n) is 3.59. The van der Waals surface area contributed by atoms with E-state index in [1.165, 1.54) is 16.4 Å². The quantitative estimate of drug-likeness (QED) is 0.630. The number of carbonyl (C=O) groups is 1. The predicted molar refractivity (Wildman–Crippen MR) is 119 cm³/mol. The molecule has 3 aromatic rings. The van der Waals surface area contributed by atoms with Gasteiger partial charge in [-0.25, -0.2) is 12.8 Å². The van der Waals surface area contributed by atoms with Gasteiger partial charge in [0.1, 0.15) is 5.82 Å². The fourth-order valence-corrected chi connectivity index (χ4v) is 5.26. The Morgan fingerprint density at radius 2 is 1.68 bits per heavy atom. The highest BCUT2D eigenvalue weighted by molar-refractivity contribution is 7.89. The van der Waals surface area contributed by atoms with Crippen LogP contribution in [-0.2, 0) is 14.8 Å². The summed E-state index contributed by atoms with van der Waals surface area (Å²) >= 11 is 5.94. The molecule has 0 saturated carbocycles. The first-order valence-corrected chi connectivity index (χ1v) is 11.6. The number of hydrogen-bond donors (Lipinski definition) is 1. The molecular formula is C22H21ClFN3O3S. The number of halogens is 2. The van der Waals surface area contributed by atoms with E-state index < -0.39 is 15.8 Å². The van der Waals surface area contributed by atoms with Crippen molar-refractivity contribution in [3.05, 3.63) is 71.5 Å². The molecule has 0 radical (unpaired) electrons. The number of nitrogens with zero attached hydrogens (tertiary/aromatic N) is 2. The van der Waals surface area contributed by atoms with E-state index in [1.807, 2.05) is 35.2 Å². The third-order valence-electron chi connectivity index (χ3n) is 5.26. The Hall–Kier alpha value is -2.52. The lowest BCUT2D eigenvalue weighted by Gasteiger charge is -2.33. The zero-order chi connectivity index (χ0) is 22.0. The van der Waals surface area contributed by atoms with Crippen molar-refractivity contribution in [2.24, 2.45) is 0 Å². The number of piperazine rings is 1. The van der Waals surface area contributed by atoms with Crippen LogP contribution < -0.4 is 5.32 Å². The molecule has 0 atom stereocenters. The van der Waals surface area contributed by atoms with E-state index in [2.05, 4.69) is 5.32 Å². The summed E-state index contributed by atoms with van der Waals surface area (Å²) in [5.74, 6) is -0.772. The van der Waals surface area contributed by atoms with Gasteiger partial charge < -0.3 is 5.32 Å². The number of carbonyl (C=O) groups excluding carboxylic acids is 1. The Labute approximate surface area is 185 Å². The molecule has 0 bridgehead atoms. The molecule has 1 aliphatic rings. The van der Waals surface area contributed by atoms with Crippen LogP contribution in [0.15, 0.2) is 65.6 Å². The normalized spacial score (nSPS) is 15.8. The molecule has 1 aliphatic heterocycles. The molecule has 31 heavy (non-hydrogen) atoms. The van der Waals surface area contributed by atoms with Gasteiger partial charge in [-0.1, -0.05) is 41.9 Å². The maximum Gasteiger partial charge on any atom is 0.243 e. The van der Waals surface area contributed by atoms with Crippen LogP contribution in [0.2, 0.25) is 5.02 Å². The zero-order valence-corrected chi connectivity index (χ0v) is 18.2. The van der Waals surface area contributed by atoms with Gasteiger partial charge in [0.25, 0.3) is 0 Å². The molecule has 4 rings (SSSR count). The number of nitrogens with one attached hydrogen (secondary N) is 1. The summed E-state index contributed by atoms with van der Waals surface area (Å²) in [5, 5.41) is 4.64. The Bertz CT molecular complexity index is 1230. The second kappa shape index (κ2) is 8.92. The Kier molecular flexibility index (Phi) is 6.24. The molecule has 1 fully saturated rings. The zero-order valence-electron chi connectivity index (χ0n) is 16.6. The van der Waals surface area contributed by atoms with Gasteiger partial charge in [-0.2, -0.15) is 4.31 Å². The molecule has 0 spiro atoms. The van der Waals surface area contributed by atoms with Crippen LogP contribution in [0.3, 0.4) is 0 Å². The summed E-state index contributed by atoms with van der Waals surface area (Å²) < 4.78 is 40.7. The molecule has 0 unspecified atom stereocenters. The third-order valence-corrected chi connectivity index (χ3v) is 7.47. The van der Waals surface area contributed by atoms with Crippen molar-refractivity contribution >= 4 is 44.0 Å². The topological polar surface area (TPSA) is 69.7 Å². The van der Waals surface area contributed by atoms with Crippen LogP contribution >= 0.6 is 11.6 Å². The first-order valence-electron chi connectivity index (χ1n) is 9.79. The second-order valence-corrected chi connectivity index (χ2v) is 9.71. The standard InChI is InChI=1S/C22H21ClFN3O3S/c23-20-14-18(24)6-8-21(20)25-22(28)15-26-9-11-27(12-10-26)31(29,30)19-7-5-16-3-1-2-4-17(16)13-19/h1-8,13-14H,9-12,15H2,(H,25,28). The average Bonchev–Trinajstić information content (AvgIpc) is 2.76. The minimum atomic E-state index is -3.61. The minimum absolute atomic E-state index is 0.0948. The van der Waals surface area contributed by atoms with Gasteiger partial charge in [0.2, 0.25) is 15.9 Å². The highest BCUT2D eigenvalue weighted by Crippen LogP contribution is 2.24. The van der Waals surface area contributed by atoms with Crippen LogP contribution in [0.1, 0.15) is 0 Å². The molecule has 6 nitrogen and oxygen atoms in total. The summed E-state index contributed by atoms with van der Waals surface area (Å²) in [6, 6.07) is 16.5. The molecule has 1 heterocycles. The van der Waals surface area contributed by atoms with Crippen molar-refractivity contribution in [2.75, 3.05) is 38.0 Å². The molecule has 1 saturated heterocycles. The molecular weight excluding hydrogens is 441 g/mol. The molecule has 9 heteroatoms. The summed E-state index contributed by atoms with van der Waals surface area (Å²) in [6.07, 6.45) is 0. The van der Waals surface area contributed by atoms with Gasteiger partial charge in [0.15, 0.2) is 0 Å². The van der Waals surface area contributed by atoms with Crippen molar-refractivity contribution in [2.45, 2.75) is 4.90 Å². The van der Waals surface area contributed by atoms with E-state index >= 15 is 0 Å². The minimum Gasteiger partial charge on any atom is -0.324 e. The van der Waals surface area contributed by atoms with E-state index in [-0.39, 0.29) is 22.4 Å². The highest BCUT2D eigenvalue weighted by atomic mass is 35.5. The van der Waals surface area contributed by atoms with E-state index in [1.54, 1.807) is 12.1 Å². The average molecular weight is 462 g/mol. The number of benzene rings is 3. The molecule has 0 aromatic heterocycles. The lowest BCUT2D eigenvalue weighted by molar-refractivity contribution is -0.117. The first-order chi connectivity index (χ1) is 14.8. The summed E-state index contributed by atoms with van der Waals surface area (Å²) in [7, 11) is -3.61. The molecule has 162 valence electrons. The number of amides is 1. The summed E-state index contributed by atoms with van der Waals surface area (Å²) in [6.45, 7) is 1.53. The molecule has 1 N–H and O–H groups in total. The van der Waals surface area contributed by atoms with E-state index in [4.69, 9.17) is 11.6 Å². The summed E-state index contributed by atoms with van der Waals surface area (Å²) in [4.78, 5) is 14.4. The highest BCUT2D eigenvalue weighted by Gasteiger charge is 2.29. The molecule has 0 aliphatic carbocycles. The van der Waals surface area contributed by atoms with Gasteiger partial charge >= 0.3 is 0 Å². The van der Waals surface area contributed by atoms with Gasteiger partial charge in [-0.05, 0) is 41.1 Å². The van der Waals surface area contributed by atoms with E-state index in [9.17, 15) is 17.6 Å². The molecule has 1 amide bonds. The first kappa shape index (κ1) is 21.7. The Morgan fingerprint density at radius 1 is 0.968 bits per heavy atom. The lowest BCUT2D eigenvalue weighted by atomic mass is 10.1. The number of rotatable bonds is 5. The SMILES string of the molecule is O=C(CN1CCN(S(=O)(=O)c2ccc3ccccc3c2)CC1)Nc1ccc(F)cc1Cl. The van der Waals surface area contributed by atoms with E-state index in [0.717, 1.165) is 16.8 Å². The maximum atomic E-state index is 13.1. The van der Waals surface area contributed by atoms with Crippen molar-refractivity contribution in [3.63, 3.8) is 0 Å². The van der Waals surface area contributed by atoms with E-state index in [0.29, 0.717) is 31.9 Å². The Morgan fingerprint density at radius 3 is 2.39 bits per heavy atom. The van der Waals surface area contributed by atoms with Gasteiger partial charge in [-0.3, -0.25) is 9.69 Å².